The van der Waals surface area contributed by atoms with Gasteiger partial charge in [0, 0.05) is 5.69 Å². The molecule has 220 valence electrons. The van der Waals surface area contributed by atoms with Crippen molar-refractivity contribution < 1.29 is 19.9 Å². The zero-order chi connectivity index (χ0) is 29.2. The zero-order valence-corrected chi connectivity index (χ0v) is 24.3. The average Bonchev–Trinajstić information content (AvgIpc) is 3.43. The maximum Gasteiger partial charge on any atom is 0.338 e. The van der Waals surface area contributed by atoms with Gasteiger partial charge in [-0.1, -0.05) is 43.7 Å². The Bertz CT molecular complexity index is 1130. The summed E-state index contributed by atoms with van der Waals surface area (Å²) in [6, 6.07) is 3.13. The van der Waals surface area contributed by atoms with Crippen molar-refractivity contribution in [1.29, 1.82) is 0 Å². The number of hydrogen-bond donors (Lipinski definition) is 2. The van der Waals surface area contributed by atoms with E-state index in [1.165, 1.54) is 44.1 Å². The first-order valence-corrected chi connectivity index (χ1v) is 14.5. The number of hydrogen-bond acceptors (Lipinski definition) is 8. The number of rotatable bonds is 9. The van der Waals surface area contributed by atoms with E-state index in [-0.39, 0.29) is 23.1 Å². The minimum absolute atomic E-state index is 0.0633. The third kappa shape index (κ3) is 6.62. The SMILES string of the molecule is C=C1CCC2C(C)=CCC3C(C(C)CCC=C(C)COC(=O)c4cc(N([O-])[O-])cc(N(O)O)c4)CCC3(C)CC12. The normalized spacial score (nSPS) is 29.1. The summed E-state index contributed by atoms with van der Waals surface area (Å²) >= 11 is 0. The van der Waals surface area contributed by atoms with Gasteiger partial charge in [-0.2, -0.15) is 0 Å². The number of carbonyl (C=O) groups excluding carboxylic acids is 1. The van der Waals surface area contributed by atoms with Crippen LogP contribution in [0, 0.1) is 45.4 Å². The van der Waals surface area contributed by atoms with E-state index in [2.05, 4.69) is 39.5 Å². The highest BCUT2D eigenvalue weighted by molar-refractivity contribution is 5.92. The van der Waals surface area contributed by atoms with Crippen LogP contribution in [0.4, 0.5) is 11.4 Å². The molecule has 0 amide bonds. The molecule has 2 saturated carbocycles. The molecule has 0 bridgehead atoms. The smallest absolute Gasteiger partial charge is 0.338 e. The number of esters is 1. The van der Waals surface area contributed by atoms with E-state index in [9.17, 15) is 25.6 Å². The monoisotopic (exact) mass is 552 g/mol. The number of benzene rings is 1. The maximum absolute atomic E-state index is 12.5. The van der Waals surface area contributed by atoms with Crippen LogP contribution in [0.25, 0.3) is 0 Å². The molecule has 40 heavy (non-hydrogen) atoms. The molecule has 3 aliphatic carbocycles. The van der Waals surface area contributed by atoms with Gasteiger partial charge in [0.05, 0.1) is 11.3 Å². The van der Waals surface area contributed by atoms with Gasteiger partial charge in [0.15, 0.2) is 0 Å². The van der Waals surface area contributed by atoms with Crippen LogP contribution >= 0.6 is 0 Å². The second-order valence-electron chi connectivity index (χ2n) is 12.7. The Hall–Kier alpha value is -2.65. The summed E-state index contributed by atoms with van der Waals surface area (Å²) < 4.78 is 5.35. The van der Waals surface area contributed by atoms with Crippen molar-refractivity contribution in [2.45, 2.75) is 79.1 Å². The highest BCUT2D eigenvalue weighted by Crippen LogP contribution is 2.59. The maximum atomic E-state index is 12.5. The number of allylic oxidation sites excluding steroid dienone is 4. The van der Waals surface area contributed by atoms with Crippen LogP contribution in [0.1, 0.15) is 89.4 Å². The van der Waals surface area contributed by atoms with E-state index in [0.717, 1.165) is 36.6 Å². The fourth-order valence-corrected chi connectivity index (χ4v) is 7.67. The number of anilines is 2. The van der Waals surface area contributed by atoms with Crippen LogP contribution in [0.15, 0.2) is 53.6 Å². The van der Waals surface area contributed by atoms with E-state index in [1.807, 2.05) is 6.92 Å². The van der Waals surface area contributed by atoms with Crippen molar-refractivity contribution in [3.63, 3.8) is 0 Å². The molecule has 2 fully saturated rings. The predicted molar refractivity (Wildman–Crippen MR) is 157 cm³/mol. The molecule has 1 aromatic rings. The van der Waals surface area contributed by atoms with Crippen molar-refractivity contribution in [3.05, 3.63) is 69.6 Å². The lowest BCUT2D eigenvalue weighted by molar-refractivity contribution is 0.0291. The van der Waals surface area contributed by atoms with Crippen molar-refractivity contribution in [1.82, 2.24) is 0 Å². The zero-order valence-electron chi connectivity index (χ0n) is 24.3. The van der Waals surface area contributed by atoms with E-state index >= 15 is 0 Å². The van der Waals surface area contributed by atoms with Gasteiger partial charge < -0.3 is 20.4 Å². The first-order chi connectivity index (χ1) is 18.9. The topological polar surface area (TPSA) is 119 Å². The van der Waals surface area contributed by atoms with E-state index < -0.39 is 16.9 Å². The summed E-state index contributed by atoms with van der Waals surface area (Å²) in [6.07, 6.45) is 14.1. The van der Waals surface area contributed by atoms with E-state index in [1.54, 1.807) is 5.57 Å². The van der Waals surface area contributed by atoms with Crippen LogP contribution < -0.4 is 10.5 Å². The standard InChI is InChI=1S/C32H44N2O6/c1-20(19-40-31(35)24-15-25(33(36)37)17-26(16-24)34(38)39)7-6-8-21(2)28-13-14-32(5)18-29-23(4)9-11-27(29)22(3)10-12-30(28)32/h7,10,15-17,21,27-30,36-37H,4,6,8-9,11-14,18-19H2,1-3,5H3/q-2. The third-order valence-electron chi connectivity index (χ3n) is 10.1. The van der Waals surface area contributed by atoms with Gasteiger partial charge in [-0.25, -0.2) is 4.79 Å². The molecule has 4 rings (SSSR count). The molecule has 0 saturated heterocycles. The fraction of sp³-hybridized carbons (Fsp3) is 0.594. The lowest BCUT2D eigenvalue weighted by Gasteiger charge is -2.41. The Morgan fingerprint density at radius 2 is 1.95 bits per heavy atom. The molecular weight excluding hydrogens is 508 g/mol. The molecule has 0 heterocycles. The number of fused-ring (bicyclic) bond motifs is 2. The molecule has 6 atom stereocenters. The lowest BCUT2D eigenvalue weighted by Crippen LogP contribution is -2.32. The van der Waals surface area contributed by atoms with Gasteiger partial charge in [-0.05, 0) is 124 Å². The molecule has 0 aromatic heterocycles. The molecule has 6 unspecified atom stereocenters. The average molecular weight is 553 g/mol. The quantitative estimate of drug-likeness (QED) is 0.180. The Kier molecular flexibility index (Phi) is 9.45. The highest BCUT2D eigenvalue weighted by atomic mass is 16.8. The number of carbonyl (C=O) groups is 1. The highest BCUT2D eigenvalue weighted by Gasteiger charge is 2.49. The van der Waals surface area contributed by atoms with Crippen LogP contribution in [-0.4, -0.2) is 23.0 Å². The van der Waals surface area contributed by atoms with E-state index in [0.29, 0.717) is 35.0 Å². The summed E-state index contributed by atoms with van der Waals surface area (Å²) in [6.45, 7) is 13.7. The molecule has 2 N–H and O–H groups in total. The second kappa shape index (κ2) is 12.5. The molecular formula is C32H44N2O6-2. The van der Waals surface area contributed by atoms with Gasteiger partial charge in [-0.3, -0.25) is 10.4 Å². The summed E-state index contributed by atoms with van der Waals surface area (Å²) in [4.78, 5) is 12.5. The number of nitrogens with zero attached hydrogens (tertiary/aromatic N) is 2. The van der Waals surface area contributed by atoms with Crippen molar-refractivity contribution in [2.75, 3.05) is 17.1 Å². The first-order valence-electron chi connectivity index (χ1n) is 14.5. The molecule has 1 aromatic carbocycles. The fourth-order valence-electron chi connectivity index (χ4n) is 7.67. The van der Waals surface area contributed by atoms with Gasteiger partial charge in [-0.15, -0.1) is 5.23 Å². The second-order valence-corrected chi connectivity index (χ2v) is 12.7. The van der Waals surface area contributed by atoms with Crippen LogP contribution in [0.2, 0.25) is 0 Å². The Labute approximate surface area is 238 Å². The van der Waals surface area contributed by atoms with Gasteiger partial charge >= 0.3 is 5.97 Å². The number of ether oxygens (including phenoxy) is 1. The molecule has 0 aliphatic heterocycles. The third-order valence-corrected chi connectivity index (χ3v) is 10.1. The van der Waals surface area contributed by atoms with Gasteiger partial charge in [0.2, 0.25) is 0 Å². The van der Waals surface area contributed by atoms with Crippen molar-refractivity contribution in [2.24, 2.45) is 35.0 Å². The minimum atomic E-state index is -0.766. The Morgan fingerprint density at radius 1 is 1.23 bits per heavy atom. The Balaban J connectivity index is 1.32. The van der Waals surface area contributed by atoms with Crippen LogP contribution in [0.5, 0.6) is 0 Å². The Morgan fingerprint density at radius 3 is 2.65 bits per heavy atom. The predicted octanol–water partition coefficient (Wildman–Crippen LogP) is 7.95. The van der Waals surface area contributed by atoms with Crippen molar-refractivity contribution in [3.8, 4) is 0 Å². The van der Waals surface area contributed by atoms with E-state index in [4.69, 9.17) is 4.74 Å². The summed E-state index contributed by atoms with van der Waals surface area (Å²) in [5.41, 5.74) is 3.46. The van der Waals surface area contributed by atoms with Crippen LogP contribution in [-0.2, 0) is 4.74 Å². The van der Waals surface area contributed by atoms with Crippen molar-refractivity contribution >= 4 is 17.3 Å². The summed E-state index contributed by atoms with van der Waals surface area (Å²) in [5, 5.41) is 39.8. The summed E-state index contributed by atoms with van der Waals surface area (Å²) in [7, 11) is 0. The first kappa shape index (κ1) is 30.3. The van der Waals surface area contributed by atoms with Gasteiger partial charge in [0.25, 0.3) is 0 Å². The molecule has 0 spiro atoms. The molecule has 0 radical (unpaired) electrons. The van der Waals surface area contributed by atoms with Crippen LogP contribution in [0.3, 0.4) is 0 Å². The minimum Gasteiger partial charge on any atom is -0.769 e. The molecule has 8 nitrogen and oxygen atoms in total. The molecule has 8 heteroatoms. The largest absolute Gasteiger partial charge is 0.769 e. The van der Waals surface area contributed by atoms with Gasteiger partial charge in [0.1, 0.15) is 6.61 Å². The molecule has 3 aliphatic rings. The lowest BCUT2D eigenvalue weighted by atomic mass is 9.64. The summed E-state index contributed by atoms with van der Waals surface area (Å²) in [5.74, 6) is 2.57.